The van der Waals surface area contributed by atoms with E-state index in [0.717, 1.165) is 25.7 Å². The van der Waals surface area contributed by atoms with Crippen molar-refractivity contribution in [1.82, 2.24) is 9.97 Å². The molecular weight excluding hydrogens is 473 g/mol. The number of ether oxygens (including phenoxy) is 2. The van der Waals surface area contributed by atoms with Crippen molar-refractivity contribution in [1.29, 1.82) is 5.53 Å². The highest BCUT2D eigenvalue weighted by Crippen LogP contribution is 2.55. The van der Waals surface area contributed by atoms with Gasteiger partial charge >= 0.3 is 12.2 Å². The van der Waals surface area contributed by atoms with Crippen molar-refractivity contribution < 1.29 is 33.0 Å². The lowest BCUT2D eigenvalue weighted by molar-refractivity contribution is -0.682. The average molecular weight is 506 g/mol. The number of carbonyl (C=O) groups excluding carboxylic acids is 2. The van der Waals surface area contributed by atoms with Crippen LogP contribution in [0.1, 0.15) is 46.5 Å². The van der Waals surface area contributed by atoms with E-state index in [-0.39, 0.29) is 30.7 Å². The Morgan fingerprint density at radius 3 is 2.78 bits per heavy atom. The Balaban J connectivity index is 1.24. The number of nitrogens with one attached hydrogen (secondary N) is 1. The summed E-state index contributed by atoms with van der Waals surface area (Å²) in [6, 6.07) is 1.62. The van der Waals surface area contributed by atoms with Crippen molar-refractivity contribution >= 4 is 17.9 Å². The zero-order valence-electron chi connectivity index (χ0n) is 20.7. The van der Waals surface area contributed by atoms with Crippen LogP contribution in [0.15, 0.2) is 23.6 Å². The van der Waals surface area contributed by atoms with Gasteiger partial charge in [0.05, 0.1) is 17.8 Å². The third-order valence-corrected chi connectivity index (χ3v) is 7.50. The predicted molar refractivity (Wildman–Crippen MR) is 122 cm³/mol. The van der Waals surface area contributed by atoms with E-state index in [1.165, 1.54) is 20.9 Å². The minimum Gasteiger partial charge on any atom is -0.442 e. The number of anilines is 1. The van der Waals surface area contributed by atoms with Crippen molar-refractivity contribution in [3.05, 3.63) is 24.3 Å². The van der Waals surface area contributed by atoms with Gasteiger partial charge in [0.2, 0.25) is 23.1 Å². The van der Waals surface area contributed by atoms with Crippen LogP contribution in [0.5, 0.6) is 0 Å². The highest BCUT2D eigenvalue weighted by molar-refractivity contribution is 5.78. The molecule has 1 aliphatic carbocycles. The maximum Gasteiger partial charge on any atom is 0.464 e. The predicted octanol–water partition coefficient (Wildman–Crippen LogP) is 2.42. The summed E-state index contributed by atoms with van der Waals surface area (Å²) in [7, 11) is 0. The van der Waals surface area contributed by atoms with Crippen LogP contribution in [-0.4, -0.2) is 67.3 Å². The number of hydroxylamine groups is 2. The van der Waals surface area contributed by atoms with Gasteiger partial charge in [-0.05, 0) is 46.5 Å². The molecule has 3 atom stereocenters. The second-order valence-corrected chi connectivity index (χ2v) is 10.8. The molecule has 194 valence electrons. The number of piperidine rings is 1. The molecule has 13 heteroatoms. The van der Waals surface area contributed by atoms with Crippen LogP contribution in [0.2, 0.25) is 0 Å². The van der Waals surface area contributed by atoms with Crippen LogP contribution in [0.3, 0.4) is 0 Å². The molecule has 4 heterocycles. The first-order chi connectivity index (χ1) is 17.1. The molecule has 4 fully saturated rings. The van der Waals surface area contributed by atoms with Gasteiger partial charge in [-0.15, -0.1) is 0 Å². The number of carbonyl (C=O) groups is 2. The number of pyridine rings is 1. The van der Waals surface area contributed by atoms with Gasteiger partial charge in [0.15, 0.2) is 12.6 Å². The fourth-order valence-electron chi connectivity index (χ4n) is 5.90. The topological polar surface area (TPSA) is 126 Å². The normalized spacial score (nSPS) is 26.8. The number of rotatable bonds is 4. The number of halogens is 1. The lowest BCUT2D eigenvalue weighted by atomic mass is 9.73. The Morgan fingerprint density at radius 1 is 1.36 bits per heavy atom. The highest BCUT2D eigenvalue weighted by atomic mass is 19.1. The van der Waals surface area contributed by atoms with E-state index < -0.39 is 29.7 Å². The van der Waals surface area contributed by atoms with Gasteiger partial charge < -0.3 is 14.4 Å². The van der Waals surface area contributed by atoms with Crippen molar-refractivity contribution in [2.24, 2.45) is 10.5 Å². The number of cyclic esters (lactones) is 1. The molecule has 36 heavy (non-hydrogen) atoms. The lowest BCUT2D eigenvalue weighted by Gasteiger charge is -2.41. The molecule has 1 spiro atoms. The summed E-state index contributed by atoms with van der Waals surface area (Å²) in [5.41, 5.74) is 6.45. The number of hydrogen-bond acceptors (Lipinski definition) is 8. The van der Waals surface area contributed by atoms with Crippen molar-refractivity contribution in [3.8, 4) is 0 Å². The first-order valence-corrected chi connectivity index (χ1v) is 12.3. The summed E-state index contributed by atoms with van der Waals surface area (Å²) in [6.07, 6.45) is 4.60. The molecular formula is C23H32FN7O5+2. The molecule has 0 radical (unpaired) electrons. The van der Waals surface area contributed by atoms with Crippen LogP contribution >= 0.6 is 0 Å². The van der Waals surface area contributed by atoms with E-state index in [1.54, 1.807) is 12.3 Å². The van der Waals surface area contributed by atoms with Crippen LogP contribution in [0.25, 0.3) is 0 Å². The quantitative estimate of drug-likeness (QED) is 0.381. The first-order valence-electron chi connectivity index (χ1n) is 12.3. The van der Waals surface area contributed by atoms with E-state index >= 15 is 4.39 Å². The van der Waals surface area contributed by atoms with E-state index in [0.29, 0.717) is 18.8 Å². The summed E-state index contributed by atoms with van der Waals surface area (Å²) in [5.74, 6) is -0.448. The number of aromatic nitrogens is 1. The zero-order valence-corrected chi connectivity index (χ0v) is 20.7. The second-order valence-electron chi connectivity index (χ2n) is 10.8. The molecule has 2 bridgehead atoms. The van der Waals surface area contributed by atoms with Gasteiger partial charge in [0.25, 0.3) is 0 Å². The monoisotopic (exact) mass is 505 g/mol. The van der Waals surface area contributed by atoms with Gasteiger partial charge in [0.1, 0.15) is 22.8 Å². The Morgan fingerprint density at radius 2 is 2.11 bits per heavy atom. The maximum atomic E-state index is 15.2. The van der Waals surface area contributed by atoms with Crippen molar-refractivity contribution in [2.45, 2.75) is 70.3 Å². The van der Waals surface area contributed by atoms with Crippen molar-refractivity contribution in [2.75, 3.05) is 36.1 Å². The SMILES string of the molecule is CC(C)(C)OC(=O)N1OC2CCC1C21CCN(c2cc[n+](N3C[C@H](CN=[N+]=N)OC3=O)cc2F)CC1. The molecule has 1 aromatic heterocycles. The summed E-state index contributed by atoms with van der Waals surface area (Å²) < 4.78 is 27.3. The minimum atomic E-state index is -0.608. The minimum absolute atomic E-state index is 0.0361. The van der Waals surface area contributed by atoms with E-state index in [9.17, 15) is 9.59 Å². The third kappa shape index (κ3) is 4.26. The summed E-state index contributed by atoms with van der Waals surface area (Å²) in [6.45, 7) is 7.04. The summed E-state index contributed by atoms with van der Waals surface area (Å²) >= 11 is 0. The Bertz CT molecular complexity index is 1100. The molecule has 12 nitrogen and oxygen atoms in total. The molecule has 3 saturated heterocycles. The molecule has 2 amide bonds. The summed E-state index contributed by atoms with van der Waals surface area (Å²) in [4.78, 5) is 35.9. The molecule has 4 aliphatic rings. The van der Waals surface area contributed by atoms with Gasteiger partial charge in [0, 0.05) is 24.6 Å². The van der Waals surface area contributed by atoms with E-state index in [2.05, 4.69) is 10.0 Å². The third-order valence-electron chi connectivity index (χ3n) is 7.50. The summed E-state index contributed by atoms with van der Waals surface area (Å²) in [5, 5.41) is 6.26. The standard InChI is InChI=1S/C23H32FN7O5/c1-22(2,3)35-21(33)31-18-4-5-19(36-31)23(18)7-10-28(11-8-23)17-6-9-29(14-16(17)24)30-13-15(12-26-27-25)34-20(30)32/h6,9,14-15,18-19,25H,4-5,7-8,10-13H2,1-3H3/q+2/t15-,18?,19?/m0/s1. The second kappa shape index (κ2) is 8.97. The van der Waals surface area contributed by atoms with Gasteiger partial charge in [-0.3, -0.25) is 4.84 Å². The van der Waals surface area contributed by atoms with Crippen LogP contribution < -0.4 is 19.5 Å². The Kier molecular flexibility index (Phi) is 6.08. The Labute approximate surface area is 208 Å². The molecule has 1 saturated carbocycles. The highest BCUT2D eigenvalue weighted by Gasteiger charge is 2.62. The molecule has 0 aromatic carbocycles. The number of hydrogen-bond donors (Lipinski definition) is 1. The van der Waals surface area contributed by atoms with E-state index in [1.807, 2.05) is 25.7 Å². The van der Waals surface area contributed by atoms with Crippen LogP contribution in [-0.2, 0) is 14.3 Å². The molecule has 5 rings (SSSR count). The largest absolute Gasteiger partial charge is 0.464 e. The average Bonchev–Trinajstić information content (AvgIpc) is 3.46. The van der Waals surface area contributed by atoms with Crippen LogP contribution in [0.4, 0.5) is 19.7 Å². The molecule has 2 unspecified atom stereocenters. The van der Waals surface area contributed by atoms with Gasteiger partial charge in [-0.25, -0.2) is 9.59 Å². The maximum absolute atomic E-state index is 15.2. The number of nitrogens with zero attached hydrogens (tertiary/aromatic N) is 6. The molecule has 1 N–H and O–H groups in total. The van der Waals surface area contributed by atoms with E-state index in [4.69, 9.17) is 19.8 Å². The molecule has 3 aliphatic heterocycles. The number of amides is 2. The fraction of sp³-hybridized carbons (Fsp3) is 0.696. The van der Waals surface area contributed by atoms with Crippen LogP contribution in [0, 0.1) is 16.8 Å². The van der Waals surface area contributed by atoms with Crippen molar-refractivity contribution in [3.63, 3.8) is 0 Å². The first kappa shape index (κ1) is 24.4. The van der Waals surface area contributed by atoms with Gasteiger partial charge in [-0.2, -0.15) is 9.45 Å². The smallest absolute Gasteiger partial charge is 0.442 e. The fourth-order valence-corrected chi connectivity index (χ4v) is 5.90. The van der Waals surface area contributed by atoms with Gasteiger partial charge in [-0.1, -0.05) is 9.69 Å². The zero-order chi connectivity index (χ0) is 25.7. The Hall–Kier alpha value is -3.31. The molecule has 1 aromatic rings. The lowest BCUT2D eigenvalue weighted by Crippen LogP contribution is -2.58.